The molecular weight excluding hydrogens is 248 g/mol. The molecule has 0 amide bonds. The standard InChI is InChI=1S/C12H12N4OS/c1-7-10(13)11(16(2)15-7)18-12-14-8-5-3-4-6-9(8)17-12/h3-6H,13H2,1-2H3. The third-order valence-corrected chi connectivity index (χ3v) is 3.70. The van der Waals surface area contributed by atoms with E-state index in [1.165, 1.54) is 11.8 Å². The average Bonchev–Trinajstić information content (AvgIpc) is 2.86. The Labute approximate surface area is 108 Å². The van der Waals surface area contributed by atoms with Gasteiger partial charge in [-0.1, -0.05) is 12.1 Å². The normalized spacial score (nSPS) is 11.2. The van der Waals surface area contributed by atoms with E-state index in [9.17, 15) is 0 Å². The molecule has 0 atom stereocenters. The van der Waals surface area contributed by atoms with Crippen LogP contribution in [0.5, 0.6) is 0 Å². The van der Waals surface area contributed by atoms with E-state index in [2.05, 4.69) is 10.1 Å². The zero-order chi connectivity index (χ0) is 12.7. The van der Waals surface area contributed by atoms with E-state index in [0.29, 0.717) is 10.9 Å². The minimum absolute atomic E-state index is 0.575. The van der Waals surface area contributed by atoms with Crippen LogP contribution in [0.25, 0.3) is 11.1 Å². The van der Waals surface area contributed by atoms with Gasteiger partial charge in [-0.15, -0.1) is 0 Å². The van der Waals surface area contributed by atoms with Crippen molar-refractivity contribution in [3.63, 3.8) is 0 Å². The van der Waals surface area contributed by atoms with Gasteiger partial charge in [-0.2, -0.15) is 5.10 Å². The highest BCUT2D eigenvalue weighted by molar-refractivity contribution is 7.99. The smallest absolute Gasteiger partial charge is 0.263 e. The van der Waals surface area contributed by atoms with E-state index in [4.69, 9.17) is 10.2 Å². The molecule has 3 aromatic rings. The molecule has 92 valence electrons. The van der Waals surface area contributed by atoms with Gasteiger partial charge in [0.15, 0.2) is 5.58 Å². The Balaban J connectivity index is 2.01. The molecule has 2 heterocycles. The molecule has 0 fully saturated rings. The van der Waals surface area contributed by atoms with Gasteiger partial charge in [0.1, 0.15) is 10.5 Å². The van der Waals surface area contributed by atoms with Crippen LogP contribution in [-0.4, -0.2) is 14.8 Å². The number of aromatic nitrogens is 3. The van der Waals surface area contributed by atoms with Crippen LogP contribution in [0.1, 0.15) is 5.69 Å². The first-order valence-corrected chi connectivity index (χ1v) is 6.29. The van der Waals surface area contributed by atoms with Crippen molar-refractivity contribution in [2.24, 2.45) is 7.05 Å². The minimum atomic E-state index is 0.575. The van der Waals surface area contributed by atoms with E-state index in [0.717, 1.165) is 21.8 Å². The van der Waals surface area contributed by atoms with Gasteiger partial charge in [-0.25, -0.2) is 4.98 Å². The molecular formula is C12H12N4OS. The summed E-state index contributed by atoms with van der Waals surface area (Å²) >= 11 is 1.39. The largest absolute Gasteiger partial charge is 0.431 e. The number of rotatable bonds is 2. The SMILES string of the molecule is Cc1nn(C)c(Sc2nc3ccccc3o2)c1N. The number of benzene rings is 1. The zero-order valence-corrected chi connectivity index (χ0v) is 10.9. The molecule has 2 N–H and O–H groups in total. The lowest BCUT2D eigenvalue weighted by molar-refractivity contribution is 0.488. The summed E-state index contributed by atoms with van der Waals surface area (Å²) < 4.78 is 7.39. The summed E-state index contributed by atoms with van der Waals surface area (Å²) in [5.74, 6) is 0. The first-order valence-electron chi connectivity index (χ1n) is 5.47. The number of aryl methyl sites for hydroxylation is 2. The molecule has 0 saturated carbocycles. The monoisotopic (exact) mass is 260 g/mol. The molecule has 0 saturated heterocycles. The minimum Gasteiger partial charge on any atom is -0.431 e. The molecule has 0 radical (unpaired) electrons. The fraction of sp³-hybridized carbons (Fsp3) is 0.167. The second kappa shape index (κ2) is 4.06. The number of hydrogen-bond acceptors (Lipinski definition) is 5. The van der Waals surface area contributed by atoms with E-state index in [1.807, 2.05) is 38.2 Å². The van der Waals surface area contributed by atoms with Gasteiger partial charge in [-0.3, -0.25) is 4.68 Å². The van der Waals surface area contributed by atoms with E-state index in [-0.39, 0.29) is 0 Å². The predicted molar refractivity (Wildman–Crippen MR) is 70.5 cm³/mol. The molecule has 18 heavy (non-hydrogen) atoms. The van der Waals surface area contributed by atoms with Gasteiger partial charge in [0.25, 0.3) is 5.22 Å². The van der Waals surface area contributed by atoms with Crippen LogP contribution in [0.3, 0.4) is 0 Å². The molecule has 5 nitrogen and oxygen atoms in total. The highest BCUT2D eigenvalue weighted by Crippen LogP contribution is 2.34. The molecule has 0 unspecified atom stereocenters. The molecule has 0 aliphatic rings. The van der Waals surface area contributed by atoms with Crippen LogP contribution in [0, 0.1) is 6.92 Å². The van der Waals surface area contributed by atoms with Gasteiger partial charge < -0.3 is 10.2 Å². The second-order valence-corrected chi connectivity index (χ2v) is 4.92. The first kappa shape index (κ1) is 11.2. The molecule has 0 aliphatic carbocycles. The average molecular weight is 260 g/mol. The number of fused-ring (bicyclic) bond motifs is 1. The van der Waals surface area contributed by atoms with Crippen molar-refractivity contribution in [2.75, 3.05) is 5.73 Å². The number of hydrogen-bond donors (Lipinski definition) is 1. The molecule has 0 bridgehead atoms. The summed E-state index contributed by atoms with van der Waals surface area (Å²) in [6.45, 7) is 1.88. The summed E-state index contributed by atoms with van der Waals surface area (Å²) in [4.78, 5) is 4.40. The second-order valence-electron chi connectivity index (χ2n) is 3.98. The van der Waals surface area contributed by atoms with Crippen LogP contribution in [0.15, 0.2) is 38.9 Å². The first-order chi connectivity index (χ1) is 8.65. The van der Waals surface area contributed by atoms with Crippen molar-refractivity contribution in [1.29, 1.82) is 0 Å². The van der Waals surface area contributed by atoms with Crippen LogP contribution in [-0.2, 0) is 7.05 Å². The molecule has 3 rings (SSSR count). The van der Waals surface area contributed by atoms with E-state index < -0.39 is 0 Å². The predicted octanol–water partition coefficient (Wildman–Crippen LogP) is 2.60. The maximum absolute atomic E-state index is 5.97. The van der Waals surface area contributed by atoms with E-state index >= 15 is 0 Å². The van der Waals surface area contributed by atoms with Gasteiger partial charge in [-0.05, 0) is 30.8 Å². The lowest BCUT2D eigenvalue weighted by Gasteiger charge is -1.98. The third kappa shape index (κ3) is 1.74. The Morgan fingerprint density at radius 1 is 1.33 bits per heavy atom. The summed E-state index contributed by atoms with van der Waals surface area (Å²) in [7, 11) is 1.86. The number of anilines is 1. The maximum Gasteiger partial charge on any atom is 0.263 e. The molecule has 2 aromatic heterocycles. The van der Waals surface area contributed by atoms with Crippen molar-refractivity contribution in [3.8, 4) is 0 Å². The zero-order valence-electron chi connectivity index (χ0n) is 10.0. The molecule has 0 spiro atoms. The summed E-state index contributed by atoms with van der Waals surface area (Å²) in [5, 5.41) is 5.68. The Hall–Kier alpha value is -1.95. The third-order valence-electron chi connectivity index (χ3n) is 2.67. The Kier molecular flexibility index (Phi) is 2.52. The highest BCUT2D eigenvalue weighted by atomic mass is 32.2. The lowest BCUT2D eigenvalue weighted by Crippen LogP contribution is -1.93. The fourth-order valence-electron chi connectivity index (χ4n) is 1.75. The number of nitrogens with zero attached hydrogens (tertiary/aromatic N) is 3. The molecule has 0 aliphatic heterocycles. The molecule has 6 heteroatoms. The Bertz CT molecular complexity index is 683. The van der Waals surface area contributed by atoms with Crippen LogP contribution >= 0.6 is 11.8 Å². The lowest BCUT2D eigenvalue weighted by atomic mass is 10.3. The molecule has 1 aromatic carbocycles. The van der Waals surface area contributed by atoms with Gasteiger partial charge in [0.05, 0.1) is 11.4 Å². The quantitative estimate of drug-likeness (QED) is 0.767. The van der Waals surface area contributed by atoms with Crippen LogP contribution in [0.2, 0.25) is 0 Å². The van der Waals surface area contributed by atoms with Crippen molar-refractivity contribution in [1.82, 2.24) is 14.8 Å². The number of nitrogens with two attached hydrogens (primary N) is 1. The van der Waals surface area contributed by atoms with Crippen LogP contribution in [0.4, 0.5) is 5.69 Å². The number of oxazole rings is 1. The van der Waals surface area contributed by atoms with Gasteiger partial charge in [0.2, 0.25) is 0 Å². The Morgan fingerprint density at radius 2 is 2.11 bits per heavy atom. The number of nitrogen functional groups attached to an aromatic ring is 1. The summed E-state index contributed by atoms with van der Waals surface area (Å²) in [6.07, 6.45) is 0. The van der Waals surface area contributed by atoms with Crippen LogP contribution < -0.4 is 5.73 Å². The van der Waals surface area contributed by atoms with E-state index in [1.54, 1.807) is 4.68 Å². The van der Waals surface area contributed by atoms with Crippen molar-refractivity contribution in [3.05, 3.63) is 30.0 Å². The fourth-order valence-corrected chi connectivity index (χ4v) is 2.62. The summed E-state index contributed by atoms with van der Waals surface area (Å²) in [6, 6.07) is 7.66. The highest BCUT2D eigenvalue weighted by Gasteiger charge is 2.15. The topological polar surface area (TPSA) is 69.9 Å². The van der Waals surface area contributed by atoms with Gasteiger partial charge >= 0.3 is 0 Å². The van der Waals surface area contributed by atoms with Crippen molar-refractivity contribution >= 4 is 28.5 Å². The van der Waals surface area contributed by atoms with Gasteiger partial charge in [0, 0.05) is 7.05 Å². The number of para-hydroxylation sites is 2. The Morgan fingerprint density at radius 3 is 2.78 bits per heavy atom. The summed E-state index contributed by atoms with van der Waals surface area (Å²) in [5.41, 5.74) is 9.08. The van der Waals surface area contributed by atoms with Crippen molar-refractivity contribution < 1.29 is 4.42 Å². The maximum atomic E-state index is 5.97. The van der Waals surface area contributed by atoms with Crippen molar-refractivity contribution in [2.45, 2.75) is 17.2 Å².